The predicted molar refractivity (Wildman–Crippen MR) is 113 cm³/mol. The number of aromatic hydroxyl groups is 1. The number of aliphatic carboxylic acids is 1. The topological polar surface area (TPSA) is 214 Å². The molecule has 0 aromatic heterocycles. The van der Waals surface area contributed by atoms with Crippen molar-refractivity contribution in [3.63, 3.8) is 0 Å². The lowest BCUT2D eigenvalue weighted by atomic mass is 9.90. The molecule has 186 valence electrons. The Morgan fingerprint density at radius 1 is 1.06 bits per heavy atom. The Morgan fingerprint density at radius 2 is 1.68 bits per heavy atom. The van der Waals surface area contributed by atoms with Crippen LogP contribution < -0.4 is 4.74 Å². The molecule has 7 atom stereocenters. The lowest BCUT2D eigenvalue weighted by Gasteiger charge is -2.40. The van der Waals surface area contributed by atoms with Gasteiger partial charge in [0.25, 0.3) is 0 Å². The van der Waals surface area contributed by atoms with Crippen molar-refractivity contribution < 1.29 is 59.9 Å². The standard InChI is InChI=1S/C22H26O12/c1-8(20(29)30)12(24)6-11-14(21(31)32)15(25)9-4-2-3-5-10(9)19(11)34-22-18(28)17(27)16(26)13(7-23)33-22/h2-5,8,12-13,16-18,22-28H,6-7H2,1H3,(H,29,30)(H,31,32). The van der Waals surface area contributed by atoms with Crippen molar-refractivity contribution in [2.75, 3.05) is 6.61 Å². The number of aromatic carboxylic acids is 1. The van der Waals surface area contributed by atoms with Crippen LogP contribution in [0.25, 0.3) is 10.8 Å². The van der Waals surface area contributed by atoms with E-state index in [4.69, 9.17) is 9.47 Å². The van der Waals surface area contributed by atoms with Crippen molar-refractivity contribution in [2.45, 2.75) is 50.2 Å². The Hall–Kier alpha value is -3.00. The molecule has 1 fully saturated rings. The van der Waals surface area contributed by atoms with Crippen LogP contribution in [0.2, 0.25) is 0 Å². The number of phenols is 1. The van der Waals surface area contributed by atoms with Crippen LogP contribution in [-0.2, 0) is 16.0 Å². The second kappa shape index (κ2) is 10.1. The molecule has 12 heteroatoms. The molecule has 12 nitrogen and oxygen atoms in total. The average molecular weight is 482 g/mol. The van der Waals surface area contributed by atoms with Gasteiger partial charge in [0.05, 0.1) is 18.6 Å². The number of ether oxygens (including phenoxy) is 2. The van der Waals surface area contributed by atoms with Gasteiger partial charge >= 0.3 is 11.9 Å². The Bertz CT molecular complexity index is 1070. The zero-order valence-electron chi connectivity index (χ0n) is 18.0. The van der Waals surface area contributed by atoms with Gasteiger partial charge < -0.3 is 50.3 Å². The van der Waals surface area contributed by atoms with Crippen molar-refractivity contribution in [1.29, 1.82) is 0 Å². The van der Waals surface area contributed by atoms with Crippen LogP contribution in [0.15, 0.2) is 24.3 Å². The molecule has 0 saturated carbocycles. The number of carboxylic acids is 2. The van der Waals surface area contributed by atoms with E-state index in [0.29, 0.717) is 0 Å². The summed E-state index contributed by atoms with van der Waals surface area (Å²) in [5.74, 6) is -5.14. The molecule has 1 aliphatic rings. The Labute approximate surface area is 192 Å². The largest absolute Gasteiger partial charge is 0.506 e. The van der Waals surface area contributed by atoms with E-state index >= 15 is 0 Å². The lowest BCUT2D eigenvalue weighted by molar-refractivity contribution is -0.277. The second-order valence-electron chi connectivity index (χ2n) is 8.10. The smallest absolute Gasteiger partial charge is 0.339 e. The van der Waals surface area contributed by atoms with Crippen molar-refractivity contribution in [3.05, 3.63) is 35.4 Å². The number of carboxylic acid groups (broad SMARTS) is 2. The van der Waals surface area contributed by atoms with Gasteiger partial charge in [0, 0.05) is 22.8 Å². The summed E-state index contributed by atoms with van der Waals surface area (Å²) in [6.45, 7) is 0.482. The number of benzene rings is 2. The summed E-state index contributed by atoms with van der Waals surface area (Å²) in [6.07, 6.45) is -10.4. The monoisotopic (exact) mass is 482 g/mol. The van der Waals surface area contributed by atoms with Gasteiger partial charge in [-0.1, -0.05) is 24.3 Å². The highest BCUT2D eigenvalue weighted by molar-refractivity contribution is 6.05. The molecule has 34 heavy (non-hydrogen) atoms. The maximum absolute atomic E-state index is 12.1. The zero-order chi connectivity index (χ0) is 25.3. The van der Waals surface area contributed by atoms with E-state index in [0.717, 1.165) is 0 Å². The van der Waals surface area contributed by atoms with E-state index in [9.17, 15) is 50.4 Å². The van der Waals surface area contributed by atoms with Crippen LogP contribution in [0.3, 0.4) is 0 Å². The summed E-state index contributed by atoms with van der Waals surface area (Å²) in [4.78, 5) is 23.4. The van der Waals surface area contributed by atoms with Crippen molar-refractivity contribution in [3.8, 4) is 11.5 Å². The molecule has 8 N–H and O–H groups in total. The van der Waals surface area contributed by atoms with Gasteiger partial charge in [0.15, 0.2) is 0 Å². The van der Waals surface area contributed by atoms with Crippen LogP contribution in [0, 0.1) is 5.92 Å². The fourth-order valence-corrected chi connectivity index (χ4v) is 3.83. The van der Waals surface area contributed by atoms with E-state index in [1.165, 1.54) is 25.1 Å². The highest BCUT2D eigenvalue weighted by Crippen LogP contribution is 2.42. The van der Waals surface area contributed by atoms with Crippen LogP contribution in [0.4, 0.5) is 0 Å². The minimum Gasteiger partial charge on any atom is -0.506 e. The normalized spacial score (nSPS) is 26.7. The third kappa shape index (κ3) is 4.64. The number of hydrogen-bond donors (Lipinski definition) is 8. The van der Waals surface area contributed by atoms with E-state index in [2.05, 4.69) is 0 Å². The van der Waals surface area contributed by atoms with E-state index in [-0.39, 0.29) is 22.1 Å². The molecule has 2 aromatic carbocycles. The molecular weight excluding hydrogens is 456 g/mol. The molecule has 0 radical (unpaired) electrons. The maximum Gasteiger partial charge on any atom is 0.339 e. The molecular formula is C22H26O12. The number of carbonyl (C=O) groups is 2. The summed E-state index contributed by atoms with van der Waals surface area (Å²) >= 11 is 0. The molecule has 0 spiro atoms. The van der Waals surface area contributed by atoms with Crippen LogP contribution in [0.5, 0.6) is 11.5 Å². The number of aliphatic hydroxyl groups excluding tert-OH is 5. The molecule has 2 aromatic rings. The fourth-order valence-electron chi connectivity index (χ4n) is 3.83. The summed E-state index contributed by atoms with van der Waals surface area (Å²) in [5.41, 5.74) is -0.934. The minimum absolute atomic E-state index is 0.0454. The van der Waals surface area contributed by atoms with Gasteiger partial charge in [-0.25, -0.2) is 4.79 Å². The molecule has 0 aliphatic carbocycles. The van der Waals surface area contributed by atoms with Crippen LogP contribution in [-0.4, -0.2) is 96.2 Å². The summed E-state index contributed by atoms with van der Waals surface area (Å²) in [7, 11) is 0. The number of hydrogen-bond acceptors (Lipinski definition) is 10. The Morgan fingerprint density at radius 3 is 2.24 bits per heavy atom. The fraction of sp³-hybridized carbons (Fsp3) is 0.455. The molecule has 0 amide bonds. The number of fused-ring (bicyclic) bond motifs is 1. The maximum atomic E-state index is 12.1. The first-order chi connectivity index (χ1) is 16.0. The molecule has 1 heterocycles. The predicted octanol–water partition coefficient (Wildman–Crippen LogP) is -0.954. The summed E-state index contributed by atoms with van der Waals surface area (Å²) in [5, 5.41) is 80.3. The Kier molecular flexibility index (Phi) is 7.60. The van der Waals surface area contributed by atoms with E-state index in [1.54, 1.807) is 6.07 Å². The van der Waals surface area contributed by atoms with Crippen molar-refractivity contribution >= 4 is 22.7 Å². The quantitative estimate of drug-likeness (QED) is 0.228. The molecule has 1 aliphatic heterocycles. The third-order valence-electron chi connectivity index (χ3n) is 5.92. The van der Waals surface area contributed by atoms with Gasteiger partial charge in [0.2, 0.25) is 6.29 Å². The lowest BCUT2D eigenvalue weighted by Crippen LogP contribution is -2.60. The SMILES string of the molecule is CC(C(=O)O)C(O)Cc1c(C(=O)O)c(O)c2ccccc2c1OC1OC(CO)C(O)C(O)C1O. The first-order valence-corrected chi connectivity index (χ1v) is 10.4. The van der Waals surface area contributed by atoms with Crippen molar-refractivity contribution in [2.24, 2.45) is 5.92 Å². The zero-order valence-corrected chi connectivity index (χ0v) is 18.0. The van der Waals surface area contributed by atoms with Crippen LogP contribution >= 0.6 is 0 Å². The minimum atomic E-state index is -1.82. The van der Waals surface area contributed by atoms with Gasteiger partial charge in [-0.15, -0.1) is 0 Å². The first kappa shape index (κ1) is 25.6. The average Bonchev–Trinajstić information content (AvgIpc) is 2.80. The first-order valence-electron chi connectivity index (χ1n) is 10.4. The van der Waals surface area contributed by atoms with Crippen LogP contribution in [0.1, 0.15) is 22.8 Å². The summed E-state index contributed by atoms with van der Waals surface area (Å²) < 4.78 is 11.1. The molecule has 0 bridgehead atoms. The molecule has 3 rings (SSSR count). The number of aliphatic hydroxyl groups is 5. The van der Waals surface area contributed by atoms with Gasteiger partial charge in [-0.05, 0) is 6.92 Å². The highest BCUT2D eigenvalue weighted by atomic mass is 16.7. The summed E-state index contributed by atoms with van der Waals surface area (Å²) in [6, 6.07) is 5.92. The van der Waals surface area contributed by atoms with Crippen molar-refractivity contribution in [1.82, 2.24) is 0 Å². The Balaban J connectivity index is 2.19. The highest BCUT2D eigenvalue weighted by Gasteiger charge is 2.45. The molecule has 7 unspecified atom stereocenters. The number of rotatable bonds is 8. The van der Waals surface area contributed by atoms with E-state index < -0.39 is 79.0 Å². The third-order valence-corrected chi connectivity index (χ3v) is 5.92. The van der Waals surface area contributed by atoms with Gasteiger partial charge in [0.1, 0.15) is 41.5 Å². The van der Waals surface area contributed by atoms with E-state index in [1.807, 2.05) is 0 Å². The van der Waals surface area contributed by atoms with Gasteiger partial charge in [-0.3, -0.25) is 4.79 Å². The second-order valence-corrected chi connectivity index (χ2v) is 8.10. The molecule has 1 saturated heterocycles. The van der Waals surface area contributed by atoms with Gasteiger partial charge in [-0.2, -0.15) is 0 Å².